The van der Waals surface area contributed by atoms with Crippen LogP contribution >= 0.6 is 11.8 Å². The van der Waals surface area contributed by atoms with E-state index >= 15 is 0 Å². The van der Waals surface area contributed by atoms with Crippen molar-refractivity contribution >= 4 is 23.4 Å². The molecule has 0 atom stereocenters. The number of amides is 1. The Morgan fingerprint density at radius 3 is 2.74 bits per heavy atom. The average molecular weight is 439 g/mol. The van der Waals surface area contributed by atoms with Crippen molar-refractivity contribution in [2.45, 2.75) is 32.2 Å². The number of benzene rings is 2. The van der Waals surface area contributed by atoms with Gasteiger partial charge in [0.1, 0.15) is 18.1 Å². The second kappa shape index (κ2) is 10.7. The van der Waals surface area contributed by atoms with E-state index in [0.717, 1.165) is 5.75 Å². The summed E-state index contributed by atoms with van der Waals surface area (Å²) in [5, 5.41) is 12.0. The van der Waals surface area contributed by atoms with E-state index in [1.54, 1.807) is 25.3 Å². The standard InChI is InChI=1S/C23H26N4O3S/c1-5-12-27-21(14-30-18-11-10-16(2)17(3)13-18)25-26-23(27)31-15-22(28)24-19-8-6-7-9-20(19)29-4/h5-11,13H,1,12,14-15H2,2-4H3,(H,24,28). The van der Waals surface area contributed by atoms with Crippen LogP contribution in [0.25, 0.3) is 0 Å². The predicted molar refractivity (Wildman–Crippen MR) is 123 cm³/mol. The molecule has 1 amide bonds. The lowest BCUT2D eigenvalue weighted by Gasteiger charge is -2.11. The lowest BCUT2D eigenvalue weighted by Crippen LogP contribution is -2.15. The van der Waals surface area contributed by atoms with E-state index in [2.05, 4.69) is 29.0 Å². The fourth-order valence-electron chi connectivity index (χ4n) is 2.86. The van der Waals surface area contributed by atoms with Gasteiger partial charge in [-0.2, -0.15) is 0 Å². The molecule has 0 saturated heterocycles. The van der Waals surface area contributed by atoms with Crippen molar-refractivity contribution in [2.75, 3.05) is 18.2 Å². The summed E-state index contributed by atoms with van der Waals surface area (Å²) in [6.45, 7) is 8.72. The van der Waals surface area contributed by atoms with Gasteiger partial charge in [-0.15, -0.1) is 16.8 Å². The lowest BCUT2D eigenvalue weighted by molar-refractivity contribution is -0.113. The Morgan fingerprint density at radius 2 is 2.00 bits per heavy atom. The number of ether oxygens (including phenoxy) is 2. The highest BCUT2D eigenvalue weighted by atomic mass is 32.2. The van der Waals surface area contributed by atoms with Gasteiger partial charge < -0.3 is 14.8 Å². The number of carbonyl (C=O) groups excluding carboxylic acids is 1. The maximum absolute atomic E-state index is 12.4. The maximum Gasteiger partial charge on any atom is 0.234 e. The van der Waals surface area contributed by atoms with Gasteiger partial charge >= 0.3 is 0 Å². The number of hydrogen-bond donors (Lipinski definition) is 1. The molecule has 0 aliphatic carbocycles. The van der Waals surface area contributed by atoms with Crippen molar-refractivity contribution in [3.05, 3.63) is 72.1 Å². The summed E-state index contributed by atoms with van der Waals surface area (Å²) in [5.74, 6) is 2.09. The molecule has 1 heterocycles. The third-order valence-electron chi connectivity index (χ3n) is 4.66. The molecule has 7 nitrogen and oxygen atoms in total. The van der Waals surface area contributed by atoms with Crippen LogP contribution in [0, 0.1) is 13.8 Å². The zero-order valence-corrected chi connectivity index (χ0v) is 18.7. The molecule has 0 radical (unpaired) electrons. The molecule has 3 aromatic rings. The number of allylic oxidation sites excluding steroid dienone is 1. The van der Waals surface area contributed by atoms with E-state index in [0.29, 0.717) is 29.0 Å². The molecule has 0 unspecified atom stereocenters. The Labute approximate surface area is 186 Å². The number of rotatable bonds is 10. The second-order valence-electron chi connectivity index (χ2n) is 6.87. The fourth-order valence-corrected chi connectivity index (χ4v) is 3.63. The minimum atomic E-state index is -0.157. The van der Waals surface area contributed by atoms with Gasteiger partial charge in [-0.05, 0) is 49.2 Å². The first-order valence-electron chi connectivity index (χ1n) is 9.80. The van der Waals surface area contributed by atoms with Crippen molar-refractivity contribution in [3.8, 4) is 11.5 Å². The van der Waals surface area contributed by atoms with Gasteiger partial charge in [0.25, 0.3) is 0 Å². The molecule has 162 valence electrons. The Balaban J connectivity index is 1.63. The number of carbonyl (C=O) groups is 1. The lowest BCUT2D eigenvalue weighted by atomic mass is 10.1. The fraction of sp³-hybridized carbons (Fsp3) is 0.261. The maximum atomic E-state index is 12.4. The second-order valence-corrected chi connectivity index (χ2v) is 7.81. The molecule has 31 heavy (non-hydrogen) atoms. The molecule has 0 fully saturated rings. The summed E-state index contributed by atoms with van der Waals surface area (Å²) in [7, 11) is 1.57. The molecule has 2 aromatic carbocycles. The van der Waals surface area contributed by atoms with Gasteiger partial charge in [0.15, 0.2) is 11.0 Å². The third kappa shape index (κ3) is 5.88. The Kier molecular flexibility index (Phi) is 7.72. The summed E-state index contributed by atoms with van der Waals surface area (Å²) in [4.78, 5) is 12.4. The topological polar surface area (TPSA) is 78.3 Å². The number of hydrogen-bond acceptors (Lipinski definition) is 6. The van der Waals surface area contributed by atoms with E-state index in [1.807, 2.05) is 41.8 Å². The van der Waals surface area contributed by atoms with Crippen LogP contribution in [-0.2, 0) is 17.9 Å². The summed E-state index contributed by atoms with van der Waals surface area (Å²) in [6.07, 6.45) is 1.77. The molecule has 1 N–H and O–H groups in total. The van der Waals surface area contributed by atoms with Crippen LogP contribution in [0.4, 0.5) is 5.69 Å². The van der Waals surface area contributed by atoms with Crippen LogP contribution < -0.4 is 14.8 Å². The van der Waals surface area contributed by atoms with Crippen molar-refractivity contribution in [1.29, 1.82) is 0 Å². The molecule has 0 spiro atoms. The zero-order chi connectivity index (χ0) is 22.2. The van der Waals surface area contributed by atoms with Gasteiger partial charge in [-0.1, -0.05) is 36.0 Å². The molecule has 0 saturated carbocycles. The number of methoxy groups -OCH3 is 1. The van der Waals surface area contributed by atoms with Crippen molar-refractivity contribution in [3.63, 3.8) is 0 Å². The third-order valence-corrected chi connectivity index (χ3v) is 5.63. The highest BCUT2D eigenvalue weighted by Gasteiger charge is 2.15. The van der Waals surface area contributed by atoms with E-state index in [4.69, 9.17) is 9.47 Å². The highest BCUT2D eigenvalue weighted by molar-refractivity contribution is 7.99. The summed E-state index contributed by atoms with van der Waals surface area (Å²) < 4.78 is 13.1. The molecule has 0 aliphatic rings. The van der Waals surface area contributed by atoms with Crippen LogP contribution in [0.15, 0.2) is 60.3 Å². The van der Waals surface area contributed by atoms with Gasteiger partial charge in [-0.25, -0.2) is 0 Å². The monoisotopic (exact) mass is 438 g/mol. The molecule has 8 heteroatoms. The molecule has 0 aliphatic heterocycles. The van der Waals surface area contributed by atoms with Crippen LogP contribution in [0.2, 0.25) is 0 Å². The first-order valence-corrected chi connectivity index (χ1v) is 10.8. The SMILES string of the molecule is C=CCn1c(COc2ccc(C)c(C)c2)nnc1SCC(=O)Nc1ccccc1OC. The minimum Gasteiger partial charge on any atom is -0.495 e. The normalized spacial score (nSPS) is 10.5. The van der Waals surface area contributed by atoms with Gasteiger partial charge in [0.2, 0.25) is 5.91 Å². The van der Waals surface area contributed by atoms with Gasteiger partial charge in [-0.3, -0.25) is 9.36 Å². The quantitative estimate of drug-likeness (QED) is 0.373. The number of aryl methyl sites for hydroxylation is 2. The van der Waals surface area contributed by atoms with E-state index in [-0.39, 0.29) is 18.3 Å². The Bertz CT molecular complexity index is 1060. The van der Waals surface area contributed by atoms with Crippen LogP contribution in [0.5, 0.6) is 11.5 Å². The smallest absolute Gasteiger partial charge is 0.234 e. The number of para-hydroxylation sites is 2. The summed E-state index contributed by atoms with van der Waals surface area (Å²) in [6, 6.07) is 13.3. The first kappa shape index (κ1) is 22.4. The number of aromatic nitrogens is 3. The van der Waals surface area contributed by atoms with Crippen LogP contribution in [-0.4, -0.2) is 33.5 Å². The van der Waals surface area contributed by atoms with Gasteiger partial charge in [0, 0.05) is 6.54 Å². The largest absolute Gasteiger partial charge is 0.495 e. The number of thioether (sulfide) groups is 1. The van der Waals surface area contributed by atoms with Crippen LogP contribution in [0.3, 0.4) is 0 Å². The average Bonchev–Trinajstić information content (AvgIpc) is 3.15. The first-order chi connectivity index (χ1) is 15.0. The summed E-state index contributed by atoms with van der Waals surface area (Å²) >= 11 is 1.31. The van der Waals surface area contributed by atoms with E-state index < -0.39 is 0 Å². The molecule has 0 bridgehead atoms. The van der Waals surface area contributed by atoms with Crippen molar-refractivity contribution < 1.29 is 14.3 Å². The number of nitrogens with one attached hydrogen (secondary N) is 1. The van der Waals surface area contributed by atoms with Crippen LogP contribution in [0.1, 0.15) is 17.0 Å². The Hall–Kier alpha value is -3.26. The Morgan fingerprint density at radius 1 is 1.19 bits per heavy atom. The minimum absolute atomic E-state index is 0.157. The highest BCUT2D eigenvalue weighted by Crippen LogP contribution is 2.24. The number of anilines is 1. The van der Waals surface area contributed by atoms with E-state index in [9.17, 15) is 4.79 Å². The van der Waals surface area contributed by atoms with Crippen molar-refractivity contribution in [2.24, 2.45) is 0 Å². The number of nitrogens with zero attached hydrogens (tertiary/aromatic N) is 3. The molecular weight excluding hydrogens is 412 g/mol. The molecule has 1 aromatic heterocycles. The molecule has 3 rings (SSSR count). The van der Waals surface area contributed by atoms with Crippen molar-refractivity contribution in [1.82, 2.24) is 14.8 Å². The zero-order valence-electron chi connectivity index (χ0n) is 17.9. The molecular formula is C23H26N4O3S. The van der Waals surface area contributed by atoms with Gasteiger partial charge in [0.05, 0.1) is 18.6 Å². The van der Waals surface area contributed by atoms with E-state index in [1.165, 1.54) is 22.9 Å². The summed E-state index contributed by atoms with van der Waals surface area (Å²) in [5.41, 5.74) is 3.01. The predicted octanol–water partition coefficient (Wildman–Crippen LogP) is 4.40.